The van der Waals surface area contributed by atoms with E-state index in [0.717, 1.165) is 18.7 Å². The smallest absolute Gasteiger partial charge is 0.262 e. The van der Waals surface area contributed by atoms with Gasteiger partial charge in [-0.3, -0.25) is 9.52 Å². The van der Waals surface area contributed by atoms with Crippen molar-refractivity contribution in [1.29, 1.82) is 0 Å². The van der Waals surface area contributed by atoms with Crippen LogP contribution in [0.2, 0.25) is 0 Å². The molecule has 1 N–H and O–H groups in total. The molecule has 0 aliphatic carbocycles. The lowest BCUT2D eigenvalue weighted by molar-refractivity contribution is 0.0746. The SMILES string of the molecule is Cc1cccc(NS(=O)(=O)c2cc(C(=O)N3CCN(c4cccc(C)c4C)CC3)ccc2C)c1. The number of nitrogens with one attached hydrogen (secondary N) is 1. The first-order valence-electron chi connectivity index (χ1n) is 11.5. The molecule has 0 radical (unpaired) electrons. The summed E-state index contributed by atoms with van der Waals surface area (Å²) >= 11 is 0. The highest BCUT2D eigenvalue weighted by Crippen LogP contribution is 2.25. The van der Waals surface area contributed by atoms with Crippen molar-refractivity contribution in [2.24, 2.45) is 0 Å². The summed E-state index contributed by atoms with van der Waals surface area (Å²) in [4.78, 5) is 17.5. The lowest BCUT2D eigenvalue weighted by Gasteiger charge is -2.37. The standard InChI is InChI=1S/C27H31N3O3S/c1-19-7-5-9-24(17-19)28-34(32,33)26-18-23(12-11-21(26)3)27(31)30-15-13-29(14-16-30)25-10-6-8-20(2)22(25)4/h5-12,17-18,28H,13-16H2,1-4H3. The molecule has 4 rings (SSSR count). The number of carbonyl (C=O) groups is 1. The van der Waals surface area contributed by atoms with Crippen molar-refractivity contribution >= 4 is 27.3 Å². The number of hydrogen-bond acceptors (Lipinski definition) is 4. The molecule has 0 saturated carbocycles. The lowest BCUT2D eigenvalue weighted by atomic mass is 10.1. The molecular formula is C27H31N3O3S. The topological polar surface area (TPSA) is 69.7 Å². The van der Waals surface area contributed by atoms with Gasteiger partial charge in [0.05, 0.1) is 4.90 Å². The van der Waals surface area contributed by atoms with Gasteiger partial charge in [-0.15, -0.1) is 0 Å². The highest BCUT2D eigenvalue weighted by Gasteiger charge is 2.25. The number of sulfonamides is 1. The first kappa shape index (κ1) is 23.8. The van der Waals surface area contributed by atoms with Crippen LogP contribution in [-0.4, -0.2) is 45.4 Å². The normalized spacial score (nSPS) is 14.2. The van der Waals surface area contributed by atoms with Crippen molar-refractivity contribution in [3.8, 4) is 0 Å². The Balaban J connectivity index is 1.50. The highest BCUT2D eigenvalue weighted by atomic mass is 32.2. The van der Waals surface area contributed by atoms with Gasteiger partial charge in [0.25, 0.3) is 15.9 Å². The van der Waals surface area contributed by atoms with E-state index < -0.39 is 10.0 Å². The summed E-state index contributed by atoms with van der Waals surface area (Å²) in [6.07, 6.45) is 0. The van der Waals surface area contributed by atoms with E-state index in [1.54, 1.807) is 42.2 Å². The van der Waals surface area contributed by atoms with Crippen molar-refractivity contribution in [3.05, 3.63) is 88.5 Å². The van der Waals surface area contributed by atoms with Crippen LogP contribution < -0.4 is 9.62 Å². The molecule has 178 valence electrons. The average molecular weight is 478 g/mol. The summed E-state index contributed by atoms with van der Waals surface area (Å²) in [5.41, 5.74) is 6.16. The van der Waals surface area contributed by atoms with Crippen LogP contribution in [0.3, 0.4) is 0 Å². The lowest BCUT2D eigenvalue weighted by Crippen LogP contribution is -2.49. The van der Waals surface area contributed by atoms with Crippen LogP contribution in [0.4, 0.5) is 11.4 Å². The molecule has 1 fully saturated rings. The number of amides is 1. The van der Waals surface area contributed by atoms with Gasteiger partial charge in [0.2, 0.25) is 0 Å². The molecule has 0 aromatic heterocycles. The third-order valence-corrected chi connectivity index (χ3v) is 8.00. The van der Waals surface area contributed by atoms with E-state index in [1.807, 2.05) is 13.0 Å². The van der Waals surface area contributed by atoms with Gasteiger partial charge in [0, 0.05) is 43.1 Å². The summed E-state index contributed by atoms with van der Waals surface area (Å²) in [5, 5.41) is 0. The summed E-state index contributed by atoms with van der Waals surface area (Å²) in [7, 11) is -3.83. The largest absolute Gasteiger partial charge is 0.368 e. The Labute approximate surface area is 202 Å². The van der Waals surface area contributed by atoms with Gasteiger partial charge in [-0.25, -0.2) is 8.42 Å². The van der Waals surface area contributed by atoms with Crippen molar-refractivity contribution in [3.63, 3.8) is 0 Å². The highest BCUT2D eigenvalue weighted by molar-refractivity contribution is 7.92. The van der Waals surface area contributed by atoms with Gasteiger partial charge in [0.15, 0.2) is 0 Å². The second-order valence-electron chi connectivity index (χ2n) is 8.95. The van der Waals surface area contributed by atoms with E-state index in [-0.39, 0.29) is 10.8 Å². The zero-order valence-corrected chi connectivity index (χ0v) is 20.9. The minimum absolute atomic E-state index is 0.119. The first-order valence-corrected chi connectivity index (χ1v) is 12.9. The quantitative estimate of drug-likeness (QED) is 0.579. The Morgan fingerprint density at radius 1 is 0.824 bits per heavy atom. The van der Waals surface area contributed by atoms with Crippen molar-refractivity contribution < 1.29 is 13.2 Å². The predicted molar refractivity (Wildman–Crippen MR) is 137 cm³/mol. The maximum absolute atomic E-state index is 13.2. The number of nitrogens with zero attached hydrogens (tertiary/aromatic N) is 2. The summed E-state index contributed by atoms with van der Waals surface area (Å²) in [5.74, 6) is -0.146. The van der Waals surface area contributed by atoms with Crippen LogP contribution in [-0.2, 0) is 10.0 Å². The molecular weight excluding hydrogens is 446 g/mol. The van der Waals surface area contributed by atoms with Crippen LogP contribution in [0.15, 0.2) is 65.6 Å². The molecule has 0 bridgehead atoms. The zero-order valence-electron chi connectivity index (χ0n) is 20.1. The molecule has 1 aliphatic heterocycles. The van der Waals surface area contributed by atoms with Gasteiger partial charge >= 0.3 is 0 Å². The maximum Gasteiger partial charge on any atom is 0.262 e. The third-order valence-electron chi connectivity index (χ3n) is 6.48. The molecule has 0 atom stereocenters. The van der Waals surface area contributed by atoms with E-state index in [2.05, 4.69) is 41.7 Å². The maximum atomic E-state index is 13.2. The number of benzene rings is 3. The van der Waals surface area contributed by atoms with Crippen LogP contribution in [0.1, 0.15) is 32.6 Å². The molecule has 3 aromatic rings. The Hall–Kier alpha value is -3.32. The second-order valence-corrected chi connectivity index (χ2v) is 10.6. The van der Waals surface area contributed by atoms with Crippen molar-refractivity contribution in [1.82, 2.24) is 4.90 Å². The van der Waals surface area contributed by atoms with Crippen LogP contribution >= 0.6 is 0 Å². The number of rotatable bonds is 5. The van der Waals surface area contributed by atoms with E-state index >= 15 is 0 Å². The molecule has 1 aliphatic rings. The number of hydrogen-bond donors (Lipinski definition) is 1. The predicted octanol–water partition coefficient (Wildman–Crippen LogP) is 4.68. The van der Waals surface area contributed by atoms with Crippen LogP contribution in [0, 0.1) is 27.7 Å². The van der Waals surface area contributed by atoms with E-state index in [4.69, 9.17) is 0 Å². The molecule has 1 amide bonds. The number of anilines is 2. The van der Waals surface area contributed by atoms with Crippen molar-refractivity contribution in [2.45, 2.75) is 32.6 Å². The molecule has 1 heterocycles. The van der Waals surface area contributed by atoms with Crippen LogP contribution in [0.5, 0.6) is 0 Å². The Morgan fingerprint density at radius 2 is 1.53 bits per heavy atom. The molecule has 3 aromatic carbocycles. The summed E-state index contributed by atoms with van der Waals surface area (Å²) < 4.78 is 28.8. The van der Waals surface area contributed by atoms with Gasteiger partial charge in [-0.1, -0.05) is 30.3 Å². The van der Waals surface area contributed by atoms with Crippen LogP contribution in [0.25, 0.3) is 0 Å². The fourth-order valence-electron chi connectivity index (χ4n) is 4.35. The number of piperazine rings is 1. The molecule has 0 unspecified atom stereocenters. The summed E-state index contributed by atoms with van der Waals surface area (Å²) in [6, 6.07) is 18.4. The molecule has 34 heavy (non-hydrogen) atoms. The minimum atomic E-state index is -3.83. The third kappa shape index (κ3) is 4.94. The van der Waals surface area contributed by atoms with E-state index in [0.29, 0.717) is 29.9 Å². The second kappa shape index (κ2) is 9.50. The summed E-state index contributed by atoms with van der Waals surface area (Å²) in [6.45, 7) is 10.5. The molecule has 6 nitrogen and oxygen atoms in total. The molecule has 1 saturated heterocycles. The molecule has 7 heteroatoms. The van der Waals surface area contributed by atoms with Gasteiger partial charge < -0.3 is 9.80 Å². The first-order chi connectivity index (χ1) is 16.2. The number of aryl methyl sites for hydroxylation is 3. The monoisotopic (exact) mass is 477 g/mol. The number of carbonyl (C=O) groups excluding carboxylic acids is 1. The zero-order chi connectivity index (χ0) is 24.5. The van der Waals surface area contributed by atoms with E-state index in [1.165, 1.54) is 22.9 Å². The molecule has 0 spiro atoms. The Bertz CT molecular complexity index is 1330. The average Bonchev–Trinajstić information content (AvgIpc) is 2.80. The van der Waals surface area contributed by atoms with Crippen molar-refractivity contribution in [2.75, 3.05) is 35.8 Å². The van der Waals surface area contributed by atoms with Gasteiger partial charge in [-0.05, 0) is 80.3 Å². The van der Waals surface area contributed by atoms with Gasteiger partial charge in [-0.2, -0.15) is 0 Å². The Kier molecular flexibility index (Phi) is 6.66. The fraction of sp³-hybridized carbons (Fsp3) is 0.296. The fourth-order valence-corrected chi connectivity index (χ4v) is 5.67. The Morgan fingerprint density at radius 3 is 2.24 bits per heavy atom. The van der Waals surface area contributed by atoms with Gasteiger partial charge in [0.1, 0.15) is 0 Å². The minimum Gasteiger partial charge on any atom is -0.368 e. The van der Waals surface area contributed by atoms with E-state index in [9.17, 15) is 13.2 Å².